The van der Waals surface area contributed by atoms with Gasteiger partial charge in [-0.05, 0) is 0 Å². The largest absolute Gasteiger partial charge is 2.00 e. The Bertz CT molecular complexity index is 132. The van der Waals surface area contributed by atoms with Crippen LogP contribution in [0.4, 0.5) is 0 Å². The van der Waals surface area contributed by atoms with Gasteiger partial charge in [0.15, 0.2) is 0 Å². The molecule has 0 spiro atoms. The summed E-state index contributed by atoms with van der Waals surface area (Å²) < 4.78 is 17.1. The van der Waals surface area contributed by atoms with Crippen LogP contribution in [0.5, 0.6) is 0 Å². The Kier molecular flexibility index (Phi) is 33.3. The topological polar surface area (TPSA) is 172 Å². The van der Waals surface area contributed by atoms with Gasteiger partial charge in [-0.2, -0.15) is 15.6 Å². The van der Waals surface area contributed by atoms with Gasteiger partial charge in [0.25, 0.3) is 0 Å². The average molecular weight is 358 g/mol. The smallest absolute Gasteiger partial charge is 0.822 e. The summed E-state index contributed by atoms with van der Waals surface area (Å²) in [7, 11) is -10.8. The van der Waals surface area contributed by atoms with Crippen LogP contribution in [-0.2, 0) is 9.13 Å². The van der Waals surface area contributed by atoms with Crippen LogP contribution in [0.3, 0.4) is 0 Å². The van der Waals surface area contributed by atoms with Crippen LogP contribution in [0.25, 0.3) is 0 Å². The maximum Gasteiger partial charge on any atom is 2.00 e. The summed E-state index contributed by atoms with van der Waals surface area (Å²) in [6.07, 6.45) is 0. The van der Waals surface area contributed by atoms with Gasteiger partial charge in [-0.15, -0.1) is 0 Å². The molecule has 0 aliphatic heterocycles. The fourth-order valence-corrected chi connectivity index (χ4v) is 0. The third-order valence-electron chi connectivity index (χ3n) is 0. The zero-order valence-corrected chi connectivity index (χ0v) is 16.0. The van der Waals surface area contributed by atoms with E-state index in [9.17, 15) is 0 Å². The Morgan fingerprint density at radius 3 is 0.615 bits per heavy atom. The molecular weight excluding hydrogens is 358 g/mol. The van der Waals surface area contributed by atoms with Crippen molar-refractivity contribution in [3.63, 3.8) is 0 Å². The summed E-state index contributed by atoms with van der Waals surface area (Å²) in [5, 5.41) is 0. The third-order valence-corrected chi connectivity index (χ3v) is 0. The summed E-state index contributed by atoms with van der Waals surface area (Å²) in [5.41, 5.74) is 0. The van der Waals surface area contributed by atoms with Crippen LogP contribution >= 0.6 is 15.6 Å². The maximum atomic E-state index is 8.55. The van der Waals surface area contributed by atoms with E-state index in [4.69, 9.17) is 38.5 Å². The van der Waals surface area contributed by atoms with Gasteiger partial charge in [0.1, 0.15) is 0 Å². The van der Waals surface area contributed by atoms with E-state index in [-0.39, 0.29) is 121 Å². The molecule has 0 saturated carbocycles. The molecule has 0 aliphatic rings. The van der Waals surface area contributed by atoms with Crippen molar-refractivity contribution in [2.75, 3.05) is 0 Å². The molecule has 0 bridgehead atoms. The van der Waals surface area contributed by atoms with Gasteiger partial charge < -0.3 is 38.5 Å². The number of hydrogen-bond acceptors (Lipinski definition) is 8. The SMILES string of the molecule is O=P([O-])([O-])[O-].O=P([O-])([O-])[O-].[Ca+2].[Ca+2].[Sr+2]. The molecule has 0 N–H and O–H groups in total. The Labute approximate surface area is 171 Å². The molecule has 64 valence electrons. The molecule has 0 saturated heterocycles. The average Bonchev–Trinajstić information content (AvgIpc) is 1.12. The van der Waals surface area contributed by atoms with Gasteiger partial charge >= 0.3 is 121 Å². The monoisotopic (exact) mass is 358 g/mol. The molecule has 0 atom stereocenters. The minimum absolute atomic E-state index is 0. The van der Waals surface area contributed by atoms with Gasteiger partial charge in [0, 0.05) is 0 Å². The maximum absolute atomic E-state index is 8.55. The first kappa shape index (κ1) is 30.3. The van der Waals surface area contributed by atoms with Crippen LogP contribution in [0.1, 0.15) is 0 Å². The van der Waals surface area contributed by atoms with E-state index in [1.165, 1.54) is 0 Å². The van der Waals surface area contributed by atoms with Crippen LogP contribution in [0.15, 0.2) is 0 Å². The van der Waals surface area contributed by atoms with E-state index in [0.29, 0.717) is 0 Å². The quantitative estimate of drug-likeness (QED) is 0.304. The van der Waals surface area contributed by atoms with Crippen molar-refractivity contribution in [3.8, 4) is 0 Å². The summed E-state index contributed by atoms with van der Waals surface area (Å²) in [4.78, 5) is 51.3. The van der Waals surface area contributed by atoms with Crippen molar-refractivity contribution >= 4 is 137 Å². The Balaban J connectivity index is -0.0000000267. The Morgan fingerprint density at radius 1 is 0.615 bits per heavy atom. The van der Waals surface area contributed by atoms with Crippen LogP contribution in [0.2, 0.25) is 0 Å². The molecule has 0 rings (SSSR count). The van der Waals surface area contributed by atoms with Crippen LogP contribution < -0.4 is 29.4 Å². The van der Waals surface area contributed by atoms with E-state index < -0.39 is 15.6 Å². The molecule has 0 aromatic carbocycles. The fraction of sp³-hybridized carbons (Fsp3) is 0. The molecule has 0 radical (unpaired) electrons. The van der Waals surface area contributed by atoms with E-state index >= 15 is 0 Å². The molecule has 0 fully saturated rings. The molecular formula is Ca2O8P2Sr. The van der Waals surface area contributed by atoms with Crippen molar-refractivity contribution in [2.45, 2.75) is 0 Å². The molecule has 0 unspecified atom stereocenters. The first-order chi connectivity index (χ1) is 4.00. The molecule has 8 nitrogen and oxygen atoms in total. The second-order valence-corrected chi connectivity index (χ2v) is 2.68. The van der Waals surface area contributed by atoms with Crippen LogP contribution in [0, 0.1) is 0 Å². The number of phosphoric acid groups is 2. The molecule has 0 heterocycles. The van der Waals surface area contributed by atoms with Crippen molar-refractivity contribution < 1.29 is 38.5 Å². The van der Waals surface area contributed by atoms with Gasteiger partial charge in [-0.1, -0.05) is 0 Å². The predicted molar refractivity (Wildman–Crippen MR) is 32.5 cm³/mol. The van der Waals surface area contributed by atoms with Crippen molar-refractivity contribution in [2.24, 2.45) is 0 Å². The van der Waals surface area contributed by atoms with E-state index in [2.05, 4.69) is 0 Å². The van der Waals surface area contributed by atoms with Gasteiger partial charge in [-0.3, -0.25) is 0 Å². The Morgan fingerprint density at radius 2 is 0.615 bits per heavy atom. The summed E-state index contributed by atoms with van der Waals surface area (Å²) >= 11 is 0. The molecule has 0 aromatic heterocycles. The zero-order chi connectivity index (χ0) is 9.00. The molecule has 13 heteroatoms. The fourth-order valence-electron chi connectivity index (χ4n) is 0. The van der Waals surface area contributed by atoms with Crippen molar-refractivity contribution in [3.05, 3.63) is 0 Å². The van der Waals surface area contributed by atoms with Gasteiger partial charge in [0.2, 0.25) is 0 Å². The van der Waals surface area contributed by atoms with Crippen molar-refractivity contribution in [1.29, 1.82) is 0 Å². The van der Waals surface area contributed by atoms with Crippen LogP contribution in [-0.4, -0.2) is 121 Å². The first-order valence-electron chi connectivity index (χ1n) is 1.46. The standard InChI is InChI=1S/2Ca.2H3O4P.Sr/c;;2*1-5(2,3)4;/h;;2*(H3,1,2,3,4);/q2*+2;;;+2/p-6. The summed E-state index contributed by atoms with van der Waals surface area (Å²) in [6.45, 7) is 0. The number of hydrogen-bond donors (Lipinski definition) is 0. The van der Waals surface area contributed by atoms with Gasteiger partial charge in [-0.25, -0.2) is 0 Å². The molecule has 13 heavy (non-hydrogen) atoms. The summed E-state index contributed by atoms with van der Waals surface area (Å²) in [5.74, 6) is 0. The molecule has 0 aromatic rings. The van der Waals surface area contributed by atoms with E-state index in [0.717, 1.165) is 0 Å². The molecule has 0 amide bonds. The molecule has 0 aliphatic carbocycles. The number of rotatable bonds is 0. The first-order valence-corrected chi connectivity index (χ1v) is 4.38. The zero-order valence-electron chi connectivity index (χ0n) is 6.28. The third kappa shape index (κ3) is 184. The van der Waals surface area contributed by atoms with Gasteiger partial charge in [0.05, 0.1) is 0 Å². The second-order valence-electron chi connectivity index (χ2n) is 0.894. The Hall–Kier alpha value is 4.22. The normalized spacial score (nSPS) is 9.08. The minimum Gasteiger partial charge on any atom is -0.822 e. The van der Waals surface area contributed by atoms with E-state index in [1.54, 1.807) is 0 Å². The van der Waals surface area contributed by atoms with E-state index in [1.807, 2.05) is 0 Å². The van der Waals surface area contributed by atoms with Crippen molar-refractivity contribution in [1.82, 2.24) is 0 Å². The predicted octanol–water partition coefficient (Wildman–Crippen LogP) is -6.79. The minimum atomic E-state index is -5.39. The second kappa shape index (κ2) is 14.3. The summed E-state index contributed by atoms with van der Waals surface area (Å²) in [6, 6.07) is 0.